The number of hydrogen-bond acceptors (Lipinski definition) is 4. The monoisotopic (exact) mass is 290 g/mol. The lowest BCUT2D eigenvalue weighted by molar-refractivity contribution is -0.105. The van der Waals surface area contributed by atoms with Crippen molar-refractivity contribution in [2.75, 3.05) is 34.5 Å². The van der Waals surface area contributed by atoms with Crippen molar-refractivity contribution in [2.45, 2.75) is 12.9 Å². The highest BCUT2D eigenvalue weighted by Crippen LogP contribution is 2.24. The normalized spacial score (nSPS) is 11.4. The lowest BCUT2D eigenvalue weighted by atomic mass is 10.0. The van der Waals surface area contributed by atoms with E-state index in [0.717, 1.165) is 16.5 Å². The van der Waals surface area contributed by atoms with E-state index in [0.29, 0.717) is 19.8 Å². The standard InChI is InChI=1S/C17H22O4/c1-18-8-9-21-12-13-4-5-14-6-7-15(11-16(14)10-13)17(19-2)20-3/h4-7,10-11,17H,8-9,12H2,1-3H3. The molecular formula is C17H22O4. The maximum Gasteiger partial charge on any atom is 0.183 e. The fourth-order valence-corrected chi connectivity index (χ4v) is 2.25. The minimum atomic E-state index is -0.337. The first-order valence-corrected chi connectivity index (χ1v) is 6.93. The molecule has 114 valence electrons. The van der Waals surface area contributed by atoms with E-state index in [9.17, 15) is 0 Å². The summed E-state index contributed by atoms with van der Waals surface area (Å²) in [4.78, 5) is 0. The summed E-state index contributed by atoms with van der Waals surface area (Å²) in [6.45, 7) is 1.80. The van der Waals surface area contributed by atoms with Gasteiger partial charge >= 0.3 is 0 Å². The van der Waals surface area contributed by atoms with Crippen molar-refractivity contribution in [3.63, 3.8) is 0 Å². The van der Waals surface area contributed by atoms with E-state index in [2.05, 4.69) is 30.3 Å². The number of fused-ring (bicyclic) bond motifs is 1. The van der Waals surface area contributed by atoms with Crippen LogP contribution in [0.1, 0.15) is 17.4 Å². The van der Waals surface area contributed by atoms with Crippen molar-refractivity contribution in [3.05, 3.63) is 47.5 Å². The van der Waals surface area contributed by atoms with Crippen LogP contribution in [0.15, 0.2) is 36.4 Å². The molecule has 0 radical (unpaired) electrons. The van der Waals surface area contributed by atoms with Gasteiger partial charge in [0, 0.05) is 26.9 Å². The third kappa shape index (κ3) is 4.25. The molecule has 4 heteroatoms. The molecule has 0 aliphatic rings. The quantitative estimate of drug-likeness (QED) is 0.552. The second-order valence-electron chi connectivity index (χ2n) is 4.79. The summed E-state index contributed by atoms with van der Waals surface area (Å²) in [5.41, 5.74) is 2.15. The molecule has 0 N–H and O–H groups in total. The molecule has 21 heavy (non-hydrogen) atoms. The van der Waals surface area contributed by atoms with Crippen LogP contribution in [0.25, 0.3) is 10.8 Å². The molecule has 2 rings (SSSR count). The van der Waals surface area contributed by atoms with Crippen LogP contribution in [0.2, 0.25) is 0 Å². The van der Waals surface area contributed by atoms with Crippen molar-refractivity contribution in [3.8, 4) is 0 Å². The summed E-state index contributed by atoms with van der Waals surface area (Å²) in [5, 5.41) is 2.34. The summed E-state index contributed by atoms with van der Waals surface area (Å²) in [5.74, 6) is 0. The van der Waals surface area contributed by atoms with Crippen LogP contribution in [0.3, 0.4) is 0 Å². The molecule has 4 nitrogen and oxygen atoms in total. The lowest BCUT2D eigenvalue weighted by Crippen LogP contribution is -2.03. The third-order valence-corrected chi connectivity index (χ3v) is 3.33. The molecule has 0 aliphatic heterocycles. The number of ether oxygens (including phenoxy) is 4. The summed E-state index contributed by atoms with van der Waals surface area (Å²) >= 11 is 0. The molecule has 0 heterocycles. The van der Waals surface area contributed by atoms with Gasteiger partial charge in [-0.3, -0.25) is 0 Å². The molecular weight excluding hydrogens is 268 g/mol. The van der Waals surface area contributed by atoms with Gasteiger partial charge in [0.1, 0.15) is 0 Å². The topological polar surface area (TPSA) is 36.9 Å². The van der Waals surface area contributed by atoms with E-state index in [1.165, 1.54) is 5.39 Å². The maximum atomic E-state index is 5.55. The molecule has 0 saturated carbocycles. The molecule has 0 saturated heterocycles. The zero-order chi connectivity index (χ0) is 15.1. The fraction of sp³-hybridized carbons (Fsp3) is 0.412. The Bertz CT molecular complexity index is 564. The SMILES string of the molecule is COCCOCc1ccc2ccc(C(OC)OC)cc2c1. The van der Waals surface area contributed by atoms with Gasteiger partial charge in [0.2, 0.25) is 0 Å². The van der Waals surface area contributed by atoms with E-state index in [-0.39, 0.29) is 6.29 Å². The van der Waals surface area contributed by atoms with Gasteiger partial charge in [-0.1, -0.05) is 24.3 Å². The van der Waals surface area contributed by atoms with Crippen LogP contribution in [-0.4, -0.2) is 34.5 Å². The Kier molecular flexibility index (Phi) is 6.14. The smallest absolute Gasteiger partial charge is 0.183 e. The highest BCUT2D eigenvalue weighted by Gasteiger charge is 2.09. The summed E-state index contributed by atoms with van der Waals surface area (Å²) < 4.78 is 21.1. The average Bonchev–Trinajstić information content (AvgIpc) is 2.52. The summed E-state index contributed by atoms with van der Waals surface area (Å²) in [6, 6.07) is 12.5. The molecule has 0 aromatic heterocycles. The van der Waals surface area contributed by atoms with Crippen molar-refractivity contribution in [1.82, 2.24) is 0 Å². The Balaban J connectivity index is 2.16. The van der Waals surface area contributed by atoms with Gasteiger partial charge in [0.15, 0.2) is 6.29 Å². The van der Waals surface area contributed by atoms with Crippen molar-refractivity contribution in [2.24, 2.45) is 0 Å². The van der Waals surface area contributed by atoms with Gasteiger partial charge in [-0.15, -0.1) is 0 Å². The van der Waals surface area contributed by atoms with Gasteiger partial charge in [-0.05, 0) is 28.5 Å². The minimum Gasteiger partial charge on any atom is -0.382 e. The Morgan fingerprint density at radius 3 is 2.33 bits per heavy atom. The van der Waals surface area contributed by atoms with Crippen molar-refractivity contribution < 1.29 is 18.9 Å². The molecule has 0 unspecified atom stereocenters. The molecule has 2 aromatic carbocycles. The molecule has 0 bridgehead atoms. The van der Waals surface area contributed by atoms with Gasteiger partial charge < -0.3 is 18.9 Å². The molecule has 0 atom stereocenters. The van der Waals surface area contributed by atoms with E-state index >= 15 is 0 Å². The van der Waals surface area contributed by atoms with E-state index in [1.807, 2.05) is 6.07 Å². The Morgan fingerprint density at radius 1 is 0.857 bits per heavy atom. The van der Waals surface area contributed by atoms with Crippen LogP contribution in [0.4, 0.5) is 0 Å². The summed E-state index contributed by atoms with van der Waals surface area (Å²) in [6.07, 6.45) is -0.337. The number of hydrogen-bond donors (Lipinski definition) is 0. The van der Waals surface area contributed by atoms with Gasteiger partial charge in [0.25, 0.3) is 0 Å². The minimum absolute atomic E-state index is 0.337. The Morgan fingerprint density at radius 2 is 1.62 bits per heavy atom. The summed E-state index contributed by atoms with van der Waals surface area (Å²) in [7, 11) is 4.94. The molecule has 0 fully saturated rings. The first-order chi connectivity index (χ1) is 10.3. The van der Waals surface area contributed by atoms with Crippen LogP contribution < -0.4 is 0 Å². The molecule has 2 aromatic rings. The van der Waals surface area contributed by atoms with Crippen molar-refractivity contribution >= 4 is 10.8 Å². The van der Waals surface area contributed by atoms with Gasteiger partial charge in [-0.25, -0.2) is 0 Å². The van der Waals surface area contributed by atoms with Gasteiger partial charge in [-0.2, -0.15) is 0 Å². The highest BCUT2D eigenvalue weighted by atomic mass is 16.7. The predicted octanol–water partition coefficient (Wildman–Crippen LogP) is 3.29. The first-order valence-electron chi connectivity index (χ1n) is 6.93. The first kappa shape index (κ1) is 15.9. The van der Waals surface area contributed by atoms with Crippen molar-refractivity contribution in [1.29, 1.82) is 0 Å². The van der Waals surface area contributed by atoms with E-state index in [4.69, 9.17) is 18.9 Å². The Labute approximate surface area is 125 Å². The maximum absolute atomic E-state index is 5.55. The van der Waals surface area contributed by atoms with Crippen LogP contribution >= 0.6 is 0 Å². The third-order valence-electron chi connectivity index (χ3n) is 3.33. The highest BCUT2D eigenvalue weighted by molar-refractivity contribution is 5.83. The largest absolute Gasteiger partial charge is 0.382 e. The average molecular weight is 290 g/mol. The number of rotatable bonds is 8. The molecule has 0 spiro atoms. The zero-order valence-corrected chi connectivity index (χ0v) is 12.8. The number of methoxy groups -OCH3 is 3. The van der Waals surface area contributed by atoms with Crippen LogP contribution in [0, 0.1) is 0 Å². The molecule has 0 amide bonds. The van der Waals surface area contributed by atoms with E-state index in [1.54, 1.807) is 21.3 Å². The molecule has 0 aliphatic carbocycles. The number of benzene rings is 2. The fourth-order valence-electron chi connectivity index (χ4n) is 2.25. The second kappa shape index (κ2) is 8.10. The van der Waals surface area contributed by atoms with Crippen LogP contribution in [0.5, 0.6) is 0 Å². The second-order valence-corrected chi connectivity index (χ2v) is 4.79. The predicted molar refractivity (Wildman–Crippen MR) is 82.2 cm³/mol. The van der Waals surface area contributed by atoms with Gasteiger partial charge in [0.05, 0.1) is 19.8 Å². The van der Waals surface area contributed by atoms with Crippen LogP contribution in [-0.2, 0) is 25.6 Å². The van der Waals surface area contributed by atoms with E-state index < -0.39 is 0 Å². The lowest BCUT2D eigenvalue weighted by Gasteiger charge is -2.14. The zero-order valence-electron chi connectivity index (χ0n) is 12.8. The Hall–Kier alpha value is -1.46.